The predicted molar refractivity (Wildman–Crippen MR) is 84.8 cm³/mol. The number of carbonyl (C=O) groups excluding carboxylic acids is 2. The molecule has 2 heterocycles. The van der Waals surface area contributed by atoms with Crippen molar-refractivity contribution >= 4 is 11.8 Å². The smallest absolute Gasteiger partial charge is 0.350 e. The van der Waals surface area contributed by atoms with Crippen molar-refractivity contribution < 1.29 is 22.8 Å². The number of nitrogens with one attached hydrogen (secondary N) is 1. The van der Waals surface area contributed by atoms with Crippen molar-refractivity contribution in [3.8, 4) is 0 Å². The van der Waals surface area contributed by atoms with Gasteiger partial charge >= 0.3 is 12.1 Å². The molecule has 0 aromatic carbocycles. The summed E-state index contributed by atoms with van der Waals surface area (Å²) in [5.41, 5.74) is 3.17. The van der Waals surface area contributed by atoms with Gasteiger partial charge in [0.25, 0.3) is 0 Å². The Morgan fingerprint density at radius 2 is 1.92 bits per heavy atom. The lowest BCUT2D eigenvalue weighted by Gasteiger charge is -2.24. The van der Waals surface area contributed by atoms with Crippen LogP contribution in [0.1, 0.15) is 48.7 Å². The highest BCUT2D eigenvalue weighted by molar-refractivity contribution is 5.90. The SMILES string of the molecule is Cc1cc(CNC(=O)C2CCCN2C(=O)C(F)(F)F)c(C)n1C1CC1. The number of likely N-dealkylation sites (tertiary alicyclic amines) is 1. The first-order chi connectivity index (χ1) is 11.7. The van der Waals surface area contributed by atoms with Crippen LogP contribution in [0.3, 0.4) is 0 Å². The Balaban J connectivity index is 1.64. The number of alkyl halides is 3. The van der Waals surface area contributed by atoms with E-state index in [2.05, 4.69) is 9.88 Å². The molecule has 3 rings (SSSR count). The van der Waals surface area contributed by atoms with Gasteiger partial charge in [-0.2, -0.15) is 13.2 Å². The van der Waals surface area contributed by atoms with Gasteiger partial charge in [-0.1, -0.05) is 0 Å². The monoisotopic (exact) mass is 357 g/mol. The minimum Gasteiger partial charge on any atom is -0.350 e. The average molecular weight is 357 g/mol. The van der Waals surface area contributed by atoms with Crippen LogP contribution in [0.2, 0.25) is 0 Å². The van der Waals surface area contributed by atoms with E-state index in [-0.39, 0.29) is 19.5 Å². The second-order valence-corrected chi connectivity index (χ2v) is 6.87. The van der Waals surface area contributed by atoms with E-state index in [1.807, 2.05) is 19.9 Å². The number of aromatic nitrogens is 1. The van der Waals surface area contributed by atoms with E-state index < -0.39 is 24.0 Å². The third-order valence-corrected chi connectivity index (χ3v) is 5.01. The van der Waals surface area contributed by atoms with Gasteiger partial charge in [0.1, 0.15) is 6.04 Å². The molecule has 0 spiro atoms. The summed E-state index contributed by atoms with van der Waals surface area (Å²) in [4.78, 5) is 24.4. The molecule has 1 aromatic rings. The van der Waals surface area contributed by atoms with E-state index in [1.165, 1.54) is 0 Å². The lowest BCUT2D eigenvalue weighted by molar-refractivity contribution is -0.186. The Hall–Kier alpha value is -1.99. The Morgan fingerprint density at radius 3 is 2.52 bits per heavy atom. The van der Waals surface area contributed by atoms with Crippen molar-refractivity contribution in [2.75, 3.05) is 6.54 Å². The summed E-state index contributed by atoms with van der Waals surface area (Å²) in [5.74, 6) is -2.46. The molecular weight excluding hydrogens is 335 g/mol. The zero-order chi connectivity index (χ0) is 18.4. The van der Waals surface area contributed by atoms with E-state index >= 15 is 0 Å². The summed E-state index contributed by atoms with van der Waals surface area (Å²) < 4.78 is 40.2. The summed E-state index contributed by atoms with van der Waals surface area (Å²) in [7, 11) is 0. The molecule has 1 unspecified atom stereocenters. The number of carbonyl (C=O) groups is 2. The summed E-state index contributed by atoms with van der Waals surface area (Å²) in [5, 5.41) is 2.70. The predicted octanol–water partition coefficient (Wildman–Crippen LogP) is 2.61. The molecular formula is C17H22F3N3O2. The maximum Gasteiger partial charge on any atom is 0.471 e. The molecule has 2 amide bonds. The zero-order valence-corrected chi connectivity index (χ0v) is 14.3. The van der Waals surface area contributed by atoms with Crippen molar-refractivity contribution in [3.05, 3.63) is 23.0 Å². The van der Waals surface area contributed by atoms with E-state index in [4.69, 9.17) is 0 Å². The molecule has 2 fully saturated rings. The third-order valence-electron chi connectivity index (χ3n) is 5.01. The fourth-order valence-corrected chi connectivity index (χ4v) is 3.66. The second kappa shape index (κ2) is 6.38. The number of aryl methyl sites for hydroxylation is 1. The van der Waals surface area contributed by atoms with Crippen molar-refractivity contribution in [1.82, 2.24) is 14.8 Å². The first-order valence-corrected chi connectivity index (χ1v) is 8.53. The molecule has 1 aliphatic carbocycles. The molecule has 138 valence electrons. The second-order valence-electron chi connectivity index (χ2n) is 6.87. The van der Waals surface area contributed by atoms with Gasteiger partial charge in [0, 0.05) is 30.5 Å². The molecule has 1 saturated carbocycles. The number of hydrogen-bond acceptors (Lipinski definition) is 2. The Labute approximate surface area is 144 Å². The average Bonchev–Trinajstić information content (AvgIpc) is 3.16. The van der Waals surface area contributed by atoms with Gasteiger partial charge in [-0.15, -0.1) is 0 Å². The Kier molecular flexibility index (Phi) is 4.55. The summed E-state index contributed by atoms with van der Waals surface area (Å²) in [6, 6.07) is 1.49. The van der Waals surface area contributed by atoms with Crippen molar-refractivity contribution in [3.63, 3.8) is 0 Å². The van der Waals surface area contributed by atoms with Gasteiger partial charge in [0.15, 0.2) is 0 Å². The zero-order valence-electron chi connectivity index (χ0n) is 14.3. The van der Waals surface area contributed by atoms with Crippen molar-refractivity contribution in [1.29, 1.82) is 0 Å². The molecule has 1 saturated heterocycles. The molecule has 1 aliphatic heterocycles. The lowest BCUT2D eigenvalue weighted by Crippen LogP contribution is -2.50. The number of nitrogens with zero attached hydrogens (tertiary/aromatic N) is 2. The van der Waals surface area contributed by atoms with Crippen LogP contribution in [0.25, 0.3) is 0 Å². The van der Waals surface area contributed by atoms with Crippen molar-refractivity contribution in [2.45, 2.75) is 64.3 Å². The van der Waals surface area contributed by atoms with Gasteiger partial charge in [0.2, 0.25) is 5.91 Å². The number of amides is 2. The van der Waals surface area contributed by atoms with Crippen molar-refractivity contribution in [2.24, 2.45) is 0 Å². The largest absolute Gasteiger partial charge is 0.471 e. The lowest BCUT2D eigenvalue weighted by atomic mass is 10.2. The van der Waals surface area contributed by atoms with Crippen LogP contribution in [-0.4, -0.2) is 40.0 Å². The minimum atomic E-state index is -4.95. The molecule has 25 heavy (non-hydrogen) atoms. The fraction of sp³-hybridized carbons (Fsp3) is 0.647. The normalized spacial score (nSPS) is 20.8. The number of halogens is 3. The quantitative estimate of drug-likeness (QED) is 0.901. The van der Waals surface area contributed by atoms with Gasteiger partial charge in [-0.05, 0) is 51.2 Å². The molecule has 0 bridgehead atoms. The van der Waals surface area contributed by atoms with E-state index in [9.17, 15) is 22.8 Å². The maximum atomic E-state index is 12.6. The highest BCUT2D eigenvalue weighted by Gasteiger charge is 2.47. The van der Waals surface area contributed by atoms with Gasteiger partial charge < -0.3 is 14.8 Å². The number of rotatable bonds is 4. The summed E-state index contributed by atoms with van der Waals surface area (Å²) >= 11 is 0. The van der Waals surface area contributed by atoms with Crippen LogP contribution in [-0.2, 0) is 16.1 Å². The molecule has 1 atom stereocenters. The fourth-order valence-electron chi connectivity index (χ4n) is 3.66. The van der Waals surface area contributed by atoms with Gasteiger partial charge in [-0.25, -0.2) is 0 Å². The summed E-state index contributed by atoms with van der Waals surface area (Å²) in [6.45, 7) is 4.22. The topological polar surface area (TPSA) is 54.3 Å². The Morgan fingerprint density at radius 1 is 1.24 bits per heavy atom. The molecule has 5 nitrogen and oxygen atoms in total. The molecule has 1 aromatic heterocycles. The molecule has 0 radical (unpaired) electrons. The first-order valence-electron chi connectivity index (χ1n) is 8.53. The highest BCUT2D eigenvalue weighted by atomic mass is 19.4. The van der Waals surface area contributed by atoms with Crippen LogP contribution < -0.4 is 5.32 Å². The van der Waals surface area contributed by atoms with Crippen LogP contribution in [0.4, 0.5) is 13.2 Å². The highest BCUT2D eigenvalue weighted by Crippen LogP contribution is 2.38. The van der Waals surface area contributed by atoms with E-state index in [1.54, 1.807) is 0 Å². The molecule has 1 N–H and O–H groups in total. The van der Waals surface area contributed by atoms with Crippen LogP contribution >= 0.6 is 0 Å². The Bertz CT molecular complexity index is 692. The summed E-state index contributed by atoms with van der Waals surface area (Å²) in [6.07, 6.45) is -1.99. The number of hydrogen-bond donors (Lipinski definition) is 1. The molecule has 8 heteroatoms. The van der Waals surface area contributed by atoms with E-state index in [0.717, 1.165) is 29.8 Å². The van der Waals surface area contributed by atoms with Crippen LogP contribution in [0.5, 0.6) is 0 Å². The molecule has 2 aliphatic rings. The minimum absolute atomic E-state index is 0.0351. The van der Waals surface area contributed by atoms with Gasteiger partial charge in [0.05, 0.1) is 0 Å². The standard InChI is InChI=1S/C17H22F3N3O2/c1-10-8-12(11(2)23(10)13-5-6-13)9-21-15(24)14-4-3-7-22(14)16(25)17(18,19)20/h8,13-14H,3-7,9H2,1-2H3,(H,21,24). The first kappa shape index (κ1) is 17.8. The maximum absolute atomic E-state index is 12.6. The van der Waals surface area contributed by atoms with Crippen LogP contribution in [0.15, 0.2) is 6.07 Å². The third kappa shape index (κ3) is 3.52. The van der Waals surface area contributed by atoms with E-state index in [0.29, 0.717) is 17.4 Å². The van der Waals surface area contributed by atoms with Gasteiger partial charge in [-0.3, -0.25) is 9.59 Å². The van der Waals surface area contributed by atoms with Crippen LogP contribution in [0, 0.1) is 13.8 Å².